The lowest BCUT2D eigenvalue weighted by molar-refractivity contribution is -0.151. The molecular formula is C17H24O7. The molecule has 0 heterocycles. The van der Waals surface area contributed by atoms with Gasteiger partial charge in [-0.15, -0.1) is 0 Å². The van der Waals surface area contributed by atoms with E-state index in [-0.39, 0.29) is 36.7 Å². The van der Waals surface area contributed by atoms with E-state index in [1.165, 1.54) is 14.0 Å². The molecule has 0 aromatic rings. The molecule has 1 fully saturated rings. The second kappa shape index (κ2) is 9.20. The van der Waals surface area contributed by atoms with Gasteiger partial charge in [0.05, 0.1) is 19.3 Å². The summed E-state index contributed by atoms with van der Waals surface area (Å²) in [5.74, 6) is -2.72. The summed E-state index contributed by atoms with van der Waals surface area (Å²) in [6, 6.07) is 0. The van der Waals surface area contributed by atoms with Crippen molar-refractivity contribution in [1.82, 2.24) is 0 Å². The predicted octanol–water partition coefficient (Wildman–Crippen LogP) is 1.59. The first-order chi connectivity index (χ1) is 11.3. The van der Waals surface area contributed by atoms with Crippen LogP contribution in [0.15, 0.2) is 12.2 Å². The molecule has 3 atom stereocenters. The highest BCUT2D eigenvalue weighted by Crippen LogP contribution is 2.32. The predicted molar refractivity (Wildman–Crippen MR) is 83.8 cm³/mol. The summed E-state index contributed by atoms with van der Waals surface area (Å²) in [7, 11) is 1.25. The highest BCUT2D eigenvalue weighted by Gasteiger charge is 2.36. The van der Waals surface area contributed by atoms with Gasteiger partial charge in [-0.3, -0.25) is 14.4 Å². The molecule has 0 spiro atoms. The third-order valence-electron chi connectivity index (χ3n) is 4.01. The van der Waals surface area contributed by atoms with Crippen LogP contribution >= 0.6 is 0 Å². The van der Waals surface area contributed by atoms with Gasteiger partial charge < -0.3 is 14.2 Å². The van der Waals surface area contributed by atoms with Gasteiger partial charge in [-0.05, 0) is 32.1 Å². The molecule has 1 aliphatic carbocycles. The van der Waals surface area contributed by atoms with Crippen LogP contribution in [0, 0.1) is 11.8 Å². The van der Waals surface area contributed by atoms with Gasteiger partial charge in [0.1, 0.15) is 17.8 Å². The van der Waals surface area contributed by atoms with Crippen molar-refractivity contribution in [2.75, 3.05) is 13.7 Å². The quantitative estimate of drug-likeness (QED) is 0.300. The van der Waals surface area contributed by atoms with Crippen LogP contribution < -0.4 is 0 Å². The molecule has 3 unspecified atom stereocenters. The van der Waals surface area contributed by atoms with Gasteiger partial charge in [-0.25, -0.2) is 4.79 Å². The maximum Gasteiger partial charge on any atom is 0.337 e. The van der Waals surface area contributed by atoms with Crippen molar-refractivity contribution in [3.8, 4) is 0 Å². The smallest absolute Gasteiger partial charge is 0.337 e. The average Bonchev–Trinajstić information content (AvgIpc) is 2.52. The van der Waals surface area contributed by atoms with Crippen LogP contribution in [0.4, 0.5) is 0 Å². The lowest BCUT2D eigenvalue weighted by Crippen LogP contribution is -2.34. The van der Waals surface area contributed by atoms with Gasteiger partial charge in [-0.1, -0.05) is 6.58 Å². The number of ketones is 1. The van der Waals surface area contributed by atoms with Gasteiger partial charge in [-0.2, -0.15) is 0 Å². The second-order valence-corrected chi connectivity index (χ2v) is 5.77. The molecule has 134 valence electrons. The molecule has 24 heavy (non-hydrogen) atoms. The summed E-state index contributed by atoms with van der Waals surface area (Å²) in [5.41, 5.74) is 0.0505. The van der Waals surface area contributed by atoms with Crippen molar-refractivity contribution in [2.24, 2.45) is 11.8 Å². The number of ether oxygens (including phenoxy) is 3. The minimum atomic E-state index is -0.839. The molecule has 0 aromatic carbocycles. The fourth-order valence-corrected chi connectivity index (χ4v) is 2.80. The van der Waals surface area contributed by atoms with Gasteiger partial charge >= 0.3 is 17.9 Å². The number of esters is 3. The first-order valence-corrected chi connectivity index (χ1v) is 7.93. The van der Waals surface area contributed by atoms with E-state index < -0.39 is 29.9 Å². The standard InChI is InChI=1S/C17H24O7/c1-5-23-16(20)10(2)15(24-11(3)18)9-12-6-7-13(14(19)8-12)17(21)22-4/h12-13,15H,2,5-9H2,1,3-4H3. The van der Waals surface area contributed by atoms with E-state index in [1.54, 1.807) is 6.92 Å². The van der Waals surface area contributed by atoms with Crippen LogP contribution in [0.2, 0.25) is 0 Å². The number of carbonyl (C=O) groups excluding carboxylic acids is 4. The summed E-state index contributed by atoms with van der Waals surface area (Å²) in [5, 5.41) is 0. The lowest BCUT2D eigenvalue weighted by atomic mass is 9.78. The minimum Gasteiger partial charge on any atom is -0.468 e. The van der Waals surface area contributed by atoms with E-state index in [2.05, 4.69) is 11.3 Å². The lowest BCUT2D eigenvalue weighted by Gasteiger charge is -2.29. The summed E-state index contributed by atoms with van der Waals surface area (Å²) in [4.78, 5) is 46.7. The molecule has 0 amide bonds. The fourth-order valence-electron chi connectivity index (χ4n) is 2.80. The van der Waals surface area contributed by atoms with Crippen molar-refractivity contribution in [3.05, 3.63) is 12.2 Å². The van der Waals surface area contributed by atoms with E-state index in [0.29, 0.717) is 12.8 Å². The second-order valence-electron chi connectivity index (χ2n) is 5.77. The monoisotopic (exact) mass is 340 g/mol. The van der Waals surface area contributed by atoms with Gasteiger partial charge in [0, 0.05) is 13.3 Å². The van der Waals surface area contributed by atoms with Crippen LogP contribution in [0.5, 0.6) is 0 Å². The zero-order valence-corrected chi connectivity index (χ0v) is 14.3. The number of Topliss-reactive ketones (excluding diaryl/α,β-unsaturated/α-hetero) is 1. The van der Waals surface area contributed by atoms with Crippen LogP contribution in [0.25, 0.3) is 0 Å². The molecule has 0 N–H and O–H groups in total. The molecule has 1 aliphatic rings. The van der Waals surface area contributed by atoms with E-state index in [0.717, 1.165) is 0 Å². The van der Waals surface area contributed by atoms with Crippen molar-refractivity contribution in [3.63, 3.8) is 0 Å². The molecule has 0 saturated heterocycles. The Balaban J connectivity index is 2.73. The largest absolute Gasteiger partial charge is 0.468 e. The van der Waals surface area contributed by atoms with E-state index in [4.69, 9.17) is 9.47 Å². The number of methoxy groups -OCH3 is 1. The number of hydrogen-bond donors (Lipinski definition) is 0. The van der Waals surface area contributed by atoms with E-state index >= 15 is 0 Å². The van der Waals surface area contributed by atoms with Crippen LogP contribution in [0.1, 0.15) is 39.5 Å². The molecule has 7 heteroatoms. The van der Waals surface area contributed by atoms with Gasteiger partial charge in [0.2, 0.25) is 0 Å². The highest BCUT2D eigenvalue weighted by atomic mass is 16.6. The Labute approximate surface area is 141 Å². The van der Waals surface area contributed by atoms with Crippen LogP contribution in [-0.4, -0.2) is 43.5 Å². The van der Waals surface area contributed by atoms with Crippen LogP contribution in [-0.2, 0) is 33.4 Å². The molecule has 7 nitrogen and oxygen atoms in total. The molecule has 0 bridgehead atoms. The normalized spacial score (nSPS) is 21.5. The Morgan fingerprint density at radius 1 is 1.29 bits per heavy atom. The summed E-state index contributed by atoms with van der Waals surface area (Å²) in [6.45, 7) is 6.75. The Morgan fingerprint density at radius 2 is 1.96 bits per heavy atom. The molecule has 0 aliphatic heterocycles. The molecule has 1 rings (SSSR count). The van der Waals surface area contributed by atoms with Crippen molar-refractivity contribution < 1.29 is 33.4 Å². The van der Waals surface area contributed by atoms with E-state index in [1.807, 2.05) is 0 Å². The third kappa shape index (κ3) is 5.47. The van der Waals surface area contributed by atoms with Crippen LogP contribution in [0.3, 0.4) is 0 Å². The first kappa shape index (κ1) is 19.9. The zero-order valence-electron chi connectivity index (χ0n) is 14.3. The Hall–Kier alpha value is -2.18. The Kier molecular flexibility index (Phi) is 7.61. The summed E-state index contributed by atoms with van der Waals surface area (Å²) in [6.07, 6.45) is 0.604. The van der Waals surface area contributed by atoms with Crippen molar-refractivity contribution in [2.45, 2.75) is 45.6 Å². The SMILES string of the molecule is C=C(C(=O)OCC)C(CC1CCC(C(=O)OC)C(=O)C1)OC(C)=O. The van der Waals surface area contributed by atoms with E-state index in [9.17, 15) is 19.2 Å². The summed E-state index contributed by atoms with van der Waals surface area (Å²) >= 11 is 0. The number of carbonyl (C=O) groups is 4. The Morgan fingerprint density at radius 3 is 2.46 bits per heavy atom. The number of rotatable bonds is 7. The van der Waals surface area contributed by atoms with Gasteiger partial charge in [0.15, 0.2) is 0 Å². The molecule has 0 radical (unpaired) electrons. The maximum absolute atomic E-state index is 12.1. The average molecular weight is 340 g/mol. The summed E-state index contributed by atoms with van der Waals surface area (Å²) < 4.78 is 14.7. The topological polar surface area (TPSA) is 96.0 Å². The number of hydrogen-bond acceptors (Lipinski definition) is 7. The molecule has 0 aromatic heterocycles. The highest BCUT2D eigenvalue weighted by molar-refractivity contribution is 5.99. The minimum absolute atomic E-state index is 0.0505. The molecular weight excluding hydrogens is 316 g/mol. The van der Waals surface area contributed by atoms with Gasteiger partial charge in [0.25, 0.3) is 0 Å². The maximum atomic E-state index is 12.1. The first-order valence-electron chi connectivity index (χ1n) is 7.93. The van der Waals surface area contributed by atoms with Crippen molar-refractivity contribution >= 4 is 23.7 Å². The zero-order chi connectivity index (χ0) is 18.3. The van der Waals surface area contributed by atoms with Crippen molar-refractivity contribution in [1.29, 1.82) is 0 Å². The molecule has 1 saturated carbocycles. The third-order valence-corrected chi connectivity index (χ3v) is 4.01. The Bertz CT molecular complexity index is 523. The fraction of sp³-hybridized carbons (Fsp3) is 0.647.